The van der Waals surface area contributed by atoms with Crippen molar-refractivity contribution in [3.63, 3.8) is 0 Å². The molecule has 1 nitrogen and oxygen atoms in total. The van der Waals surface area contributed by atoms with Gasteiger partial charge in [0.1, 0.15) is 0 Å². The molecule has 1 N–H and O–H groups in total. The lowest BCUT2D eigenvalue weighted by atomic mass is 9.82. The van der Waals surface area contributed by atoms with Gasteiger partial charge in [0.25, 0.3) is 0 Å². The summed E-state index contributed by atoms with van der Waals surface area (Å²) in [6, 6.07) is 51.1. The molecular formula is C48H23N. The predicted molar refractivity (Wildman–Crippen MR) is 213 cm³/mol. The van der Waals surface area contributed by atoms with Gasteiger partial charge in [0, 0.05) is 32.9 Å². The normalized spacial score (nSPS) is 13.3. The van der Waals surface area contributed by atoms with Crippen molar-refractivity contribution in [2.24, 2.45) is 0 Å². The lowest BCUT2D eigenvalue weighted by Crippen LogP contribution is -1.98. The van der Waals surface area contributed by atoms with E-state index in [0.29, 0.717) is 0 Å². The molecule has 0 fully saturated rings. The van der Waals surface area contributed by atoms with Crippen molar-refractivity contribution >= 4 is 141 Å². The maximum atomic E-state index is 4.08. The van der Waals surface area contributed by atoms with Gasteiger partial charge in [-0.15, -0.1) is 0 Å². The minimum Gasteiger partial charge on any atom is -0.354 e. The highest BCUT2D eigenvalue weighted by molar-refractivity contribution is 6.47. The van der Waals surface area contributed by atoms with E-state index in [-0.39, 0.29) is 0 Å². The van der Waals surface area contributed by atoms with Crippen LogP contribution in [0.3, 0.4) is 0 Å². The third-order valence-corrected chi connectivity index (χ3v) is 12.3. The smallest absolute Gasteiger partial charge is 0.0470 e. The fourth-order valence-corrected chi connectivity index (χ4v) is 10.3. The topological polar surface area (TPSA) is 12.0 Å². The molecule has 0 bridgehead atoms. The third-order valence-electron chi connectivity index (χ3n) is 12.3. The van der Waals surface area contributed by atoms with E-state index in [1.54, 1.807) is 0 Å². The monoisotopic (exact) mass is 613 g/mol. The molecule has 0 spiro atoms. The lowest BCUT2D eigenvalue weighted by Gasteiger charge is -2.24. The van der Waals surface area contributed by atoms with E-state index >= 15 is 0 Å². The van der Waals surface area contributed by atoms with E-state index in [1.165, 1.54) is 129 Å². The van der Waals surface area contributed by atoms with Gasteiger partial charge in [-0.2, -0.15) is 0 Å². The second-order valence-electron chi connectivity index (χ2n) is 14.5. The minimum atomic E-state index is 1.16. The largest absolute Gasteiger partial charge is 0.354 e. The van der Waals surface area contributed by atoms with Gasteiger partial charge in [0.2, 0.25) is 0 Å². The van der Waals surface area contributed by atoms with E-state index in [2.05, 4.69) is 139 Å². The molecule has 220 valence electrons. The minimum absolute atomic E-state index is 1.16. The Morgan fingerprint density at radius 3 is 0.694 bits per heavy atom. The molecule has 0 amide bonds. The molecular weight excluding hydrogens is 591 g/mol. The van der Waals surface area contributed by atoms with Crippen LogP contribution in [0.15, 0.2) is 133 Å². The van der Waals surface area contributed by atoms with Crippen LogP contribution in [-0.2, 0) is 0 Å². The molecule has 49 heavy (non-hydrogen) atoms. The Kier molecular flexibility index (Phi) is 3.72. The van der Waals surface area contributed by atoms with Crippen LogP contribution in [0, 0.1) is 0 Å². The zero-order valence-corrected chi connectivity index (χ0v) is 26.2. The third kappa shape index (κ3) is 2.55. The van der Waals surface area contributed by atoms with Crippen LogP contribution in [0.25, 0.3) is 129 Å². The summed E-state index contributed by atoms with van der Waals surface area (Å²) < 4.78 is 0. The first-order valence-corrected chi connectivity index (χ1v) is 17.3. The van der Waals surface area contributed by atoms with Crippen LogP contribution in [0.4, 0.5) is 11.4 Å². The van der Waals surface area contributed by atoms with Gasteiger partial charge < -0.3 is 5.32 Å². The summed E-state index contributed by atoms with van der Waals surface area (Å²) in [7, 11) is 0. The number of anilines is 2. The molecule has 14 aromatic rings. The molecule has 0 unspecified atom stereocenters. The Hall–Kier alpha value is -6.44. The Balaban J connectivity index is 1.14. The second-order valence-corrected chi connectivity index (χ2v) is 14.5. The predicted octanol–water partition coefficient (Wildman–Crippen LogP) is 13.9. The summed E-state index contributed by atoms with van der Waals surface area (Å²) in [5.41, 5.74) is 2.32. The van der Waals surface area contributed by atoms with E-state index in [0.717, 1.165) is 11.4 Å². The van der Waals surface area contributed by atoms with Crippen LogP contribution >= 0.6 is 0 Å². The van der Waals surface area contributed by atoms with Crippen molar-refractivity contribution in [2.75, 3.05) is 5.32 Å². The summed E-state index contributed by atoms with van der Waals surface area (Å²) in [5, 5.41) is 36.4. The van der Waals surface area contributed by atoms with E-state index < -0.39 is 0 Å². The zero-order chi connectivity index (χ0) is 31.3. The van der Waals surface area contributed by atoms with Crippen molar-refractivity contribution < 1.29 is 0 Å². The SMILES string of the molecule is c1cc2ccc3ccc4c(Nc5cc6ccc7ccc8ccc9ccc%10ccc5c5c%10c9c8c7c65)cc5ccc6ccc1c1c2c3c4c5c61. The van der Waals surface area contributed by atoms with Gasteiger partial charge in [-0.3, -0.25) is 0 Å². The molecule has 0 aliphatic carbocycles. The van der Waals surface area contributed by atoms with Crippen molar-refractivity contribution in [1.82, 2.24) is 0 Å². The van der Waals surface area contributed by atoms with Crippen molar-refractivity contribution in [3.8, 4) is 0 Å². The van der Waals surface area contributed by atoms with Crippen molar-refractivity contribution in [1.29, 1.82) is 0 Å². The fraction of sp³-hybridized carbons (Fsp3) is 0. The first-order valence-electron chi connectivity index (χ1n) is 17.3. The number of benzene rings is 14. The van der Waals surface area contributed by atoms with Crippen LogP contribution < -0.4 is 5.32 Å². The highest BCUT2D eigenvalue weighted by Gasteiger charge is 2.24. The Labute approximate surface area is 278 Å². The molecule has 0 saturated heterocycles. The highest BCUT2D eigenvalue weighted by Crippen LogP contribution is 2.52. The van der Waals surface area contributed by atoms with Gasteiger partial charge in [0.05, 0.1) is 0 Å². The Morgan fingerprint density at radius 2 is 0.408 bits per heavy atom. The molecule has 0 atom stereocenters. The number of hydrogen-bond acceptors (Lipinski definition) is 1. The first kappa shape index (κ1) is 23.8. The molecule has 0 heterocycles. The Morgan fingerprint density at radius 1 is 0.204 bits per heavy atom. The van der Waals surface area contributed by atoms with Gasteiger partial charge in [0.15, 0.2) is 0 Å². The number of rotatable bonds is 2. The van der Waals surface area contributed by atoms with Gasteiger partial charge in [-0.1, -0.05) is 121 Å². The van der Waals surface area contributed by atoms with E-state index in [4.69, 9.17) is 0 Å². The van der Waals surface area contributed by atoms with Crippen LogP contribution in [0.5, 0.6) is 0 Å². The highest BCUT2D eigenvalue weighted by atomic mass is 14.9. The lowest BCUT2D eigenvalue weighted by molar-refractivity contribution is 1.65. The van der Waals surface area contributed by atoms with Gasteiger partial charge in [-0.25, -0.2) is 0 Å². The van der Waals surface area contributed by atoms with Crippen LogP contribution in [0.1, 0.15) is 0 Å². The first-order chi connectivity index (χ1) is 24.3. The van der Waals surface area contributed by atoms with E-state index in [9.17, 15) is 0 Å². The second kappa shape index (κ2) is 7.65. The number of nitrogens with one attached hydrogen (secondary N) is 1. The Bertz CT molecular complexity index is 3320. The average molecular weight is 614 g/mol. The summed E-state index contributed by atoms with van der Waals surface area (Å²) in [5.74, 6) is 0. The average Bonchev–Trinajstić information content (AvgIpc) is 3.15. The molecule has 14 aromatic carbocycles. The maximum absolute atomic E-state index is 4.08. The van der Waals surface area contributed by atoms with Crippen molar-refractivity contribution in [2.45, 2.75) is 0 Å². The maximum Gasteiger partial charge on any atom is 0.0470 e. The molecule has 0 aliphatic heterocycles. The van der Waals surface area contributed by atoms with Gasteiger partial charge >= 0.3 is 0 Å². The van der Waals surface area contributed by atoms with E-state index in [1.807, 2.05) is 0 Å². The summed E-state index contributed by atoms with van der Waals surface area (Å²) in [6.07, 6.45) is 0. The fourth-order valence-electron chi connectivity index (χ4n) is 10.3. The molecule has 0 aliphatic rings. The standard InChI is InChI=1S/C48H23N/c1-5-25-9-11-29-17-19-33-35(21-31-15-13-27-7-3-23(1)37-39(25)43(29)47(33)45(31)41(27)37)49-36-22-32-16-14-28-8-4-24-2-6-26-10-12-30-18-20-34(36)48-44(30)40(26)38(24)42(28)46(32)48/h1-22,49H. The zero-order valence-electron chi connectivity index (χ0n) is 26.2. The molecule has 1 heteroatoms. The summed E-state index contributed by atoms with van der Waals surface area (Å²) in [4.78, 5) is 0. The molecule has 0 radical (unpaired) electrons. The summed E-state index contributed by atoms with van der Waals surface area (Å²) in [6.45, 7) is 0. The molecule has 0 saturated carbocycles. The van der Waals surface area contributed by atoms with Crippen molar-refractivity contribution in [3.05, 3.63) is 133 Å². The quantitative estimate of drug-likeness (QED) is 0.151. The summed E-state index contributed by atoms with van der Waals surface area (Å²) >= 11 is 0. The van der Waals surface area contributed by atoms with Gasteiger partial charge in [-0.05, 0) is 120 Å². The molecule has 0 aromatic heterocycles. The number of hydrogen-bond donors (Lipinski definition) is 1. The molecule has 14 rings (SSSR count). The van der Waals surface area contributed by atoms with Crippen LogP contribution in [-0.4, -0.2) is 0 Å². The van der Waals surface area contributed by atoms with Crippen LogP contribution in [0.2, 0.25) is 0 Å².